The van der Waals surface area contributed by atoms with Crippen molar-refractivity contribution in [1.82, 2.24) is 4.57 Å². The highest BCUT2D eigenvalue weighted by atomic mass is 32.2. The molecule has 0 aliphatic carbocycles. The molecule has 1 unspecified atom stereocenters. The zero-order valence-corrected chi connectivity index (χ0v) is 20.2. The van der Waals surface area contributed by atoms with Crippen LogP contribution < -0.4 is 10.0 Å². The Labute approximate surface area is 192 Å². The van der Waals surface area contributed by atoms with Crippen LogP contribution in [-0.4, -0.2) is 32.7 Å². The molecule has 2 aliphatic heterocycles. The first-order chi connectivity index (χ1) is 14.5. The van der Waals surface area contributed by atoms with Crippen molar-refractivity contribution in [2.45, 2.75) is 32.2 Å². The van der Waals surface area contributed by atoms with E-state index in [0.29, 0.717) is 32.2 Å². The van der Waals surface area contributed by atoms with Gasteiger partial charge in [0.25, 0.3) is 0 Å². The van der Waals surface area contributed by atoms with Gasteiger partial charge in [0.15, 0.2) is 5.37 Å². The highest BCUT2D eigenvalue weighted by molar-refractivity contribution is 8.03. The molecule has 0 saturated heterocycles. The van der Waals surface area contributed by atoms with Crippen LogP contribution in [0.5, 0.6) is 5.88 Å². The van der Waals surface area contributed by atoms with Crippen molar-refractivity contribution in [2.24, 2.45) is 0 Å². The van der Waals surface area contributed by atoms with Gasteiger partial charge in [0, 0.05) is 27.8 Å². The van der Waals surface area contributed by atoms with Crippen LogP contribution >= 0.6 is 35.3 Å². The third kappa shape index (κ3) is 3.57. The Bertz CT molecular complexity index is 1160. The van der Waals surface area contributed by atoms with Gasteiger partial charge in [-0.3, -0.25) is 8.78 Å². The second kappa shape index (κ2) is 8.74. The van der Waals surface area contributed by atoms with Crippen molar-refractivity contribution in [3.63, 3.8) is 0 Å². The second-order valence-corrected chi connectivity index (χ2v) is 10.7. The fraction of sp³-hybridized carbons (Fsp3) is 0.286. The minimum absolute atomic E-state index is 0.152. The summed E-state index contributed by atoms with van der Waals surface area (Å²) in [6.07, 6.45) is 5.80. The van der Waals surface area contributed by atoms with Gasteiger partial charge in [-0.2, -0.15) is 0 Å². The van der Waals surface area contributed by atoms with E-state index in [4.69, 9.17) is 12.2 Å². The molecule has 0 amide bonds. The summed E-state index contributed by atoms with van der Waals surface area (Å²) < 4.78 is 17.3. The van der Waals surface area contributed by atoms with E-state index >= 15 is 0 Å². The van der Waals surface area contributed by atoms with Gasteiger partial charge in [0.1, 0.15) is 10.5 Å². The first-order valence-electron chi connectivity index (χ1n) is 9.77. The molecule has 1 atom stereocenters. The smallest absolute Gasteiger partial charge is 0.186 e. The second-order valence-electron chi connectivity index (χ2n) is 6.62. The number of hydrogen-bond donors (Lipinski definition) is 0. The normalized spacial score (nSPS) is 21.0. The maximum Gasteiger partial charge on any atom is 0.186 e. The van der Waals surface area contributed by atoms with Gasteiger partial charge in [-0.05, 0) is 51.2 Å². The largest absolute Gasteiger partial charge is 0.914 e. The fourth-order valence-electron chi connectivity index (χ4n) is 3.49. The van der Waals surface area contributed by atoms with Gasteiger partial charge < -0.3 is 14.6 Å². The van der Waals surface area contributed by atoms with Gasteiger partial charge in [0.05, 0.1) is 27.7 Å². The van der Waals surface area contributed by atoms with Crippen LogP contribution in [0.25, 0.3) is 0 Å². The summed E-state index contributed by atoms with van der Waals surface area (Å²) in [4.78, 5) is 4.64. The Hall–Kier alpha value is -1.81. The molecular formula is C21H22N3O2S4-. The molecular weight excluding hydrogens is 455 g/mol. The van der Waals surface area contributed by atoms with Crippen LogP contribution in [0.1, 0.15) is 25.6 Å². The quantitative estimate of drug-likeness (QED) is 0.363. The Kier molecular flexibility index (Phi) is 6.24. The molecule has 4 rings (SSSR count). The van der Waals surface area contributed by atoms with Crippen molar-refractivity contribution in [2.75, 3.05) is 18.0 Å². The topological polar surface area (TPSA) is 51.3 Å². The van der Waals surface area contributed by atoms with Crippen LogP contribution in [0, 0.1) is 9.33 Å². The lowest BCUT2D eigenvalue weighted by atomic mass is 10.3. The molecule has 2 aromatic rings. The third-order valence-corrected chi connectivity index (χ3v) is 9.13. The molecule has 2 aliphatic rings. The highest BCUT2D eigenvalue weighted by Crippen LogP contribution is 2.45. The maximum absolute atomic E-state index is 13.3. The number of nitrogens with zero attached hydrogens (tertiary/aromatic N) is 3. The number of rotatable bonds is 5. The molecule has 0 N–H and O–H groups in total. The maximum atomic E-state index is 13.3. The molecule has 158 valence electrons. The number of hydrogen-bond acceptors (Lipinski definition) is 6. The standard InChI is InChI=1S/C21H23N3O2S4/c1-4-22-13-14(30(26)20(22)18-19(25)24(6-3)21(27)29-18)11-12-17-23(5-2)15-9-7-8-10-16(15)28-17/h7-13,25H,4-6H2,1-3H3/p-1. The van der Waals surface area contributed by atoms with Gasteiger partial charge in [-0.15, -0.1) is 17.2 Å². The molecule has 1 aromatic carbocycles. The Balaban J connectivity index is 1.68. The van der Waals surface area contributed by atoms with Crippen LogP contribution in [0.15, 0.2) is 51.2 Å². The lowest BCUT2D eigenvalue weighted by Gasteiger charge is -2.21. The van der Waals surface area contributed by atoms with Crippen LogP contribution in [0.4, 0.5) is 5.69 Å². The zero-order chi connectivity index (χ0) is 21.4. The summed E-state index contributed by atoms with van der Waals surface area (Å²) >= 11 is 8.29. The molecule has 0 saturated carbocycles. The lowest BCUT2D eigenvalue weighted by molar-refractivity contribution is -0.480. The van der Waals surface area contributed by atoms with Crippen LogP contribution in [0.3, 0.4) is 0 Å². The summed E-state index contributed by atoms with van der Waals surface area (Å²) in [5.41, 5.74) is 1.20. The first-order valence-corrected chi connectivity index (χ1v) is 13.0. The molecule has 0 bridgehead atoms. The molecule has 0 fully saturated rings. The highest BCUT2D eigenvalue weighted by Gasteiger charge is 2.33. The summed E-state index contributed by atoms with van der Waals surface area (Å²) in [5, 5.41) is 14.4. The van der Waals surface area contributed by atoms with E-state index in [1.54, 1.807) is 16.3 Å². The zero-order valence-electron chi connectivity index (χ0n) is 17.0. The molecule has 30 heavy (non-hydrogen) atoms. The first kappa shape index (κ1) is 21.4. The molecule has 5 nitrogen and oxygen atoms in total. The van der Waals surface area contributed by atoms with Gasteiger partial charge in [-0.1, -0.05) is 30.0 Å². The third-order valence-electron chi connectivity index (χ3n) is 4.98. The summed E-state index contributed by atoms with van der Waals surface area (Å²) in [7, 11) is -1.42. The van der Waals surface area contributed by atoms with Crippen molar-refractivity contribution >= 4 is 58.0 Å². The number of fused-ring (bicyclic) bond motifs is 1. The van der Waals surface area contributed by atoms with Gasteiger partial charge in [-0.25, -0.2) is 0 Å². The molecule has 9 heteroatoms. The van der Waals surface area contributed by atoms with Crippen molar-refractivity contribution in [3.05, 3.63) is 60.6 Å². The monoisotopic (exact) mass is 476 g/mol. The number of para-hydroxylation sites is 1. The van der Waals surface area contributed by atoms with E-state index in [9.17, 15) is 9.32 Å². The van der Waals surface area contributed by atoms with Gasteiger partial charge in [0.2, 0.25) is 0 Å². The lowest BCUT2D eigenvalue weighted by Crippen LogP contribution is -2.18. The van der Waals surface area contributed by atoms with E-state index in [-0.39, 0.29) is 5.88 Å². The molecule has 0 spiro atoms. The SMILES string of the molecule is CCN1C(=CC=C2C=[N+](CC)[C-](c3sc(=S)n(CC)c3[O-])S2=O)Sc2ccccc21. The van der Waals surface area contributed by atoms with Crippen molar-refractivity contribution in [3.8, 4) is 5.88 Å². The number of thioether (sulfide) groups is 1. The fourth-order valence-corrected chi connectivity index (χ4v) is 7.62. The van der Waals surface area contributed by atoms with Crippen LogP contribution in [-0.2, 0) is 17.3 Å². The minimum atomic E-state index is -1.42. The summed E-state index contributed by atoms with van der Waals surface area (Å²) in [6, 6.07) is 8.31. The predicted octanol–water partition coefficient (Wildman–Crippen LogP) is 4.43. The van der Waals surface area contributed by atoms with E-state index in [0.717, 1.165) is 11.6 Å². The number of aromatic nitrogens is 1. The van der Waals surface area contributed by atoms with Crippen LogP contribution in [0.2, 0.25) is 0 Å². The number of allylic oxidation sites excluding steroid dienone is 3. The van der Waals surface area contributed by atoms with Crippen molar-refractivity contribution < 1.29 is 13.9 Å². The predicted molar refractivity (Wildman–Crippen MR) is 127 cm³/mol. The average Bonchev–Trinajstić information content (AvgIpc) is 3.36. The van der Waals surface area contributed by atoms with E-state index in [2.05, 4.69) is 24.0 Å². The summed E-state index contributed by atoms with van der Waals surface area (Å²) in [5.74, 6) is -0.152. The Morgan fingerprint density at radius 3 is 2.67 bits per heavy atom. The Morgan fingerprint density at radius 1 is 1.23 bits per heavy atom. The van der Waals surface area contributed by atoms with Gasteiger partial charge >= 0.3 is 0 Å². The number of anilines is 1. The summed E-state index contributed by atoms with van der Waals surface area (Å²) in [6.45, 7) is 8.00. The average molecular weight is 477 g/mol. The van der Waals surface area contributed by atoms with Crippen molar-refractivity contribution in [1.29, 1.82) is 0 Å². The molecule has 0 radical (unpaired) electrons. The Morgan fingerprint density at radius 2 is 2.00 bits per heavy atom. The molecule has 1 aromatic heterocycles. The van der Waals surface area contributed by atoms with E-state index in [1.807, 2.05) is 48.9 Å². The molecule has 3 heterocycles. The minimum Gasteiger partial charge on any atom is -0.914 e. The van der Waals surface area contributed by atoms with E-state index in [1.165, 1.54) is 21.9 Å². The van der Waals surface area contributed by atoms with E-state index < -0.39 is 10.8 Å². The number of thiazole rings is 1. The number of benzene rings is 1.